The molecule has 2 bridgehead atoms. The van der Waals surface area contributed by atoms with Gasteiger partial charge in [-0.15, -0.1) is 0 Å². The zero-order chi connectivity index (χ0) is 22.0. The van der Waals surface area contributed by atoms with Gasteiger partial charge < -0.3 is 4.74 Å². The van der Waals surface area contributed by atoms with Crippen molar-refractivity contribution in [2.75, 3.05) is 0 Å². The van der Waals surface area contributed by atoms with Crippen LogP contribution in [0.4, 0.5) is 18.0 Å². The van der Waals surface area contributed by atoms with Crippen LogP contribution in [-0.2, 0) is 17.5 Å². The maximum absolute atomic E-state index is 13.3. The van der Waals surface area contributed by atoms with Gasteiger partial charge >= 0.3 is 12.3 Å². The minimum absolute atomic E-state index is 0.0272. The van der Waals surface area contributed by atoms with Crippen LogP contribution in [0.3, 0.4) is 0 Å². The van der Waals surface area contributed by atoms with Gasteiger partial charge in [0.05, 0.1) is 23.2 Å². The number of rotatable bonds is 3. The molecule has 2 atom stereocenters. The van der Waals surface area contributed by atoms with Crippen molar-refractivity contribution in [2.24, 2.45) is 0 Å². The van der Waals surface area contributed by atoms with Crippen molar-refractivity contribution in [2.45, 2.75) is 50.6 Å². The zero-order valence-electron chi connectivity index (χ0n) is 16.7. The van der Waals surface area contributed by atoms with E-state index in [0.717, 1.165) is 42.5 Å². The van der Waals surface area contributed by atoms with Crippen molar-refractivity contribution in [3.8, 4) is 6.07 Å². The van der Waals surface area contributed by atoms with E-state index in [-0.39, 0.29) is 24.3 Å². The van der Waals surface area contributed by atoms with Crippen molar-refractivity contribution >= 4 is 11.7 Å². The van der Waals surface area contributed by atoms with Gasteiger partial charge in [-0.1, -0.05) is 36.4 Å². The molecular weight excluding hydrogens is 405 g/mol. The van der Waals surface area contributed by atoms with Gasteiger partial charge in [-0.25, -0.2) is 4.79 Å². The molecule has 2 aromatic rings. The van der Waals surface area contributed by atoms with E-state index >= 15 is 0 Å². The number of hydrogen-bond acceptors (Lipinski definition) is 3. The van der Waals surface area contributed by atoms with Crippen molar-refractivity contribution in [3.63, 3.8) is 0 Å². The molecule has 1 saturated heterocycles. The third kappa shape index (κ3) is 4.58. The lowest BCUT2D eigenvalue weighted by Crippen LogP contribution is -2.51. The van der Waals surface area contributed by atoms with Gasteiger partial charge in [0.15, 0.2) is 0 Å². The molecule has 7 heteroatoms. The Kier molecular flexibility index (Phi) is 5.73. The van der Waals surface area contributed by atoms with Gasteiger partial charge in [0.2, 0.25) is 0 Å². The first kappa shape index (κ1) is 21.0. The molecule has 0 aliphatic carbocycles. The number of carbonyl (C=O) groups excluding carboxylic acids is 1. The van der Waals surface area contributed by atoms with E-state index in [1.807, 2.05) is 42.5 Å². The number of amides is 1. The summed E-state index contributed by atoms with van der Waals surface area (Å²) in [7, 11) is 0. The SMILES string of the molecule is N#Cc1cc(C2=CC3CCCC(C2)N3C(=O)OCc2ccccc2)cc(C(F)(F)F)c1. The predicted molar refractivity (Wildman–Crippen MR) is 109 cm³/mol. The highest BCUT2D eigenvalue weighted by Crippen LogP contribution is 2.39. The quantitative estimate of drug-likeness (QED) is 0.612. The van der Waals surface area contributed by atoms with E-state index in [1.54, 1.807) is 4.90 Å². The Morgan fingerprint density at radius 1 is 1.16 bits per heavy atom. The summed E-state index contributed by atoms with van der Waals surface area (Å²) in [6, 6.07) is 14.3. The number of nitriles is 1. The molecule has 1 fully saturated rings. The number of nitrogens with zero attached hydrogens (tertiary/aromatic N) is 2. The van der Waals surface area contributed by atoms with Gasteiger partial charge in [-0.3, -0.25) is 4.90 Å². The number of benzene rings is 2. The van der Waals surface area contributed by atoms with Crippen LogP contribution in [0.15, 0.2) is 54.6 Å². The molecule has 2 aliphatic heterocycles. The van der Waals surface area contributed by atoms with Gasteiger partial charge in [0.1, 0.15) is 6.61 Å². The molecule has 0 radical (unpaired) electrons. The fourth-order valence-electron chi connectivity index (χ4n) is 4.36. The monoisotopic (exact) mass is 426 g/mol. The van der Waals surface area contributed by atoms with Crippen molar-refractivity contribution in [3.05, 3.63) is 76.9 Å². The standard InChI is InChI=1S/C24H21F3N2O2/c25-24(26,27)20-10-17(14-28)9-18(11-20)19-12-21-7-4-8-22(13-19)29(21)23(30)31-15-16-5-2-1-3-6-16/h1-3,5-6,9-12,21-22H,4,7-8,13,15H2. The predicted octanol–water partition coefficient (Wildman–Crippen LogP) is 5.92. The molecule has 2 heterocycles. The average molecular weight is 426 g/mol. The first-order chi connectivity index (χ1) is 14.8. The third-order valence-corrected chi connectivity index (χ3v) is 5.81. The number of halogens is 3. The van der Waals surface area contributed by atoms with Crippen LogP contribution < -0.4 is 0 Å². The summed E-state index contributed by atoms with van der Waals surface area (Å²) < 4.78 is 45.3. The van der Waals surface area contributed by atoms with Gasteiger partial charge in [-0.05, 0) is 60.6 Å². The van der Waals surface area contributed by atoms with E-state index in [9.17, 15) is 23.2 Å². The van der Waals surface area contributed by atoms with Crippen molar-refractivity contribution < 1.29 is 22.7 Å². The van der Waals surface area contributed by atoms with E-state index in [0.29, 0.717) is 12.0 Å². The van der Waals surface area contributed by atoms with Crippen molar-refractivity contribution in [1.29, 1.82) is 5.26 Å². The lowest BCUT2D eigenvalue weighted by atomic mass is 9.82. The maximum atomic E-state index is 13.3. The first-order valence-electron chi connectivity index (χ1n) is 10.2. The molecule has 0 N–H and O–H groups in total. The summed E-state index contributed by atoms with van der Waals surface area (Å²) in [5.74, 6) is 0. The summed E-state index contributed by atoms with van der Waals surface area (Å²) in [6.45, 7) is 0.172. The van der Waals surface area contributed by atoms with E-state index < -0.39 is 17.8 Å². The Balaban J connectivity index is 1.58. The minimum atomic E-state index is -4.53. The second-order valence-electron chi connectivity index (χ2n) is 7.90. The number of alkyl halides is 3. The molecule has 2 aromatic carbocycles. The van der Waals surface area contributed by atoms with Crippen LogP contribution in [0.5, 0.6) is 0 Å². The second-order valence-corrected chi connectivity index (χ2v) is 7.90. The van der Waals surface area contributed by atoms with Crippen LogP contribution in [0.2, 0.25) is 0 Å². The molecule has 2 unspecified atom stereocenters. The topological polar surface area (TPSA) is 53.3 Å². The minimum Gasteiger partial charge on any atom is -0.445 e. The van der Waals surface area contributed by atoms with Crippen LogP contribution in [-0.4, -0.2) is 23.1 Å². The van der Waals surface area contributed by atoms with Crippen LogP contribution in [0, 0.1) is 11.3 Å². The number of carbonyl (C=O) groups is 1. The summed E-state index contributed by atoms with van der Waals surface area (Å²) in [5, 5.41) is 9.17. The molecule has 0 saturated carbocycles. The smallest absolute Gasteiger partial charge is 0.416 e. The normalized spacial score (nSPS) is 20.6. The lowest BCUT2D eigenvalue weighted by Gasteiger charge is -2.44. The third-order valence-electron chi connectivity index (χ3n) is 5.81. The summed E-state index contributed by atoms with van der Waals surface area (Å²) in [6.07, 6.45) is -0.217. The number of fused-ring (bicyclic) bond motifs is 2. The highest BCUT2D eigenvalue weighted by Gasteiger charge is 2.39. The Morgan fingerprint density at radius 3 is 2.61 bits per heavy atom. The maximum Gasteiger partial charge on any atom is 0.416 e. The molecule has 2 aliphatic rings. The molecule has 0 spiro atoms. The van der Waals surface area contributed by atoms with Gasteiger partial charge in [-0.2, -0.15) is 18.4 Å². The summed E-state index contributed by atoms with van der Waals surface area (Å²) >= 11 is 0. The average Bonchev–Trinajstić information content (AvgIpc) is 2.76. The molecule has 4 rings (SSSR count). The lowest BCUT2D eigenvalue weighted by molar-refractivity contribution is -0.137. The summed E-state index contributed by atoms with van der Waals surface area (Å²) in [4.78, 5) is 14.5. The van der Waals surface area contributed by atoms with Gasteiger partial charge in [0, 0.05) is 6.04 Å². The zero-order valence-corrected chi connectivity index (χ0v) is 16.7. The Labute approximate surface area is 178 Å². The molecule has 1 amide bonds. The molecule has 31 heavy (non-hydrogen) atoms. The molecule has 160 valence electrons. The molecular formula is C24H21F3N2O2. The fraction of sp³-hybridized carbons (Fsp3) is 0.333. The Hall–Kier alpha value is -3.27. The summed E-state index contributed by atoms with van der Waals surface area (Å²) in [5.41, 5.74) is 1.16. The first-order valence-corrected chi connectivity index (χ1v) is 10.2. The van der Waals surface area contributed by atoms with Crippen LogP contribution in [0.25, 0.3) is 5.57 Å². The van der Waals surface area contributed by atoms with E-state index in [1.165, 1.54) is 6.07 Å². The largest absolute Gasteiger partial charge is 0.445 e. The highest BCUT2D eigenvalue weighted by atomic mass is 19.4. The highest BCUT2D eigenvalue weighted by molar-refractivity contribution is 5.75. The fourth-order valence-corrected chi connectivity index (χ4v) is 4.36. The number of piperidine rings is 1. The second kappa shape index (κ2) is 8.46. The Morgan fingerprint density at radius 2 is 1.94 bits per heavy atom. The molecule has 0 aromatic heterocycles. The number of ether oxygens (including phenoxy) is 1. The van der Waals surface area contributed by atoms with E-state index in [2.05, 4.69) is 0 Å². The van der Waals surface area contributed by atoms with Crippen LogP contribution >= 0.6 is 0 Å². The molecule has 4 nitrogen and oxygen atoms in total. The van der Waals surface area contributed by atoms with Crippen molar-refractivity contribution in [1.82, 2.24) is 4.90 Å². The number of hydrogen-bond donors (Lipinski definition) is 0. The van der Waals surface area contributed by atoms with E-state index in [4.69, 9.17) is 4.74 Å². The Bertz CT molecular complexity index is 1040. The van der Waals surface area contributed by atoms with Crippen LogP contribution in [0.1, 0.15) is 47.9 Å². The van der Waals surface area contributed by atoms with Gasteiger partial charge in [0.25, 0.3) is 0 Å².